The van der Waals surface area contributed by atoms with E-state index in [4.69, 9.17) is 0 Å². The third-order valence-corrected chi connectivity index (χ3v) is 2.76. The minimum absolute atomic E-state index is 0.335. The maximum atomic E-state index is 3.76. The number of nitrogens with one attached hydrogen (secondary N) is 1. The van der Waals surface area contributed by atoms with Crippen LogP contribution in [0.1, 0.15) is 45.2 Å². The van der Waals surface area contributed by atoms with Gasteiger partial charge in [-0.25, -0.2) is 0 Å². The smallest absolute Gasteiger partial charge is 0.0325 e. The highest BCUT2D eigenvalue weighted by atomic mass is 14.9. The summed E-state index contributed by atoms with van der Waals surface area (Å²) in [7, 11) is 0. The van der Waals surface area contributed by atoms with E-state index in [1.54, 1.807) is 0 Å². The van der Waals surface area contributed by atoms with Crippen molar-refractivity contribution in [3.8, 4) is 0 Å². The highest BCUT2D eigenvalue weighted by Gasteiger charge is 2.19. The molecular formula is C16H25N. The molecule has 0 aliphatic rings. The summed E-state index contributed by atoms with van der Waals surface area (Å²) in [4.78, 5) is 0. The number of hydrogen-bond donors (Lipinski definition) is 1. The van der Waals surface area contributed by atoms with Crippen molar-refractivity contribution >= 4 is 0 Å². The van der Waals surface area contributed by atoms with Crippen LogP contribution in [0, 0.1) is 5.41 Å². The molecule has 0 bridgehead atoms. The van der Waals surface area contributed by atoms with Gasteiger partial charge in [-0.2, -0.15) is 0 Å². The van der Waals surface area contributed by atoms with E-state index in [1.165, 1.54) is 5.56 Å². The Balaban J connectivity index is 2.68. The van der Waals surface area contributed by atoms with Crippen LogP contribution in [-0.2, 0) is 0 Å². The van der Waals surface area contributed by atoms with E-state index in [2.05, 4.69) is 63.0 Å². The van der Waals surface area contributed by atoms with Crippen LogP contribution in [0.4, 0.5) is 0 Å². The van der Waals surface area contributed by atoms with Gasteiger partial charge in [0.1, 0.15) is 0 Å². The van der Waals surface area contributed by atoms with Crippen LogP contribution in [0.15, 0.2) is 43.0 Å². The predicted octanol–water partition coefficient (Wildman–Crippen LogP) is 4.33. The Hall–Kier alpha value is -1.08. The van der Waals surface area contributed by atoms with E-state index >= 15 is 0 Å². The number of hydrogen-bond acceptors (Lipinski definition) is 1. The first-order chi connectivity index (χ1) is 8.03. The summed E-state index contributed by atoms with van der Waals surface area (Å²) in [6.45, 7) is 11.6. The number of benzene rings is 1. The summed E-state index contributed by atoms with van der Waals surface area (Å²) in [6, 6.07) is 11.1. The highest BCUT2D eigenvalue weighted by molar-refractivity contribution is 5.19. The van der Waals surface area contributed by atoms with Crippen LogP contribution in [-0.4, -0.2) is 6.54 Å². The second-order valence-corrected chi connectivity index (χ2v) is 5.76. The zero-order valence-electron chi connectivity index (χ0n) is 11.4. The monoisotopic (exact) mass is 231 g/mol. The Morgan fingerprint density at radius 2 is 1.88 bits per heavy atom. The lowest BCUT2D eigenvalue weighted by Gasteiger charge is -2.27. The van der Waals surface area contributed by atoms with E-state index in [0.717, 1.165) is 19.4 Å². The summed E-state index contributed by atoms with van der Waals surface area (Å²) in [5.41, 5.74) is 1.72. The van der Waals surface area contributed by atoms with E-state index in [9.17, 15) is 0 Å². The molecule has 1 heteroatoms. The fraction of sp³-hybridized carbons (Fsp3) is 0.500. The van der Waals surface area contributed by atoms with Crippen LogP contribution in [0.25, 0.3) is 0 Å². The van der Waals surface area contributed by atoms with Gasteiger partial charge in [-0.1, -0.05) is 57.2 Å². The van der Waals surface area contributed by atoms with Crippen molar-refractivity contribution in [3.63, 3.8) is 0 Å². The topological polar surface area (TPSA) is 12.0 Å². The molecule has 0 saturated heterocycles. The second-order valence-electron chi connectivity index (χ2n) is 5.76. The molecule has 0 aliphatic heterocycles. The summed E-state index contributed by atoms with van der Waals surface area (Å²) in [5, 5.41) is 3.62. The summed E-state index contributed by atoms with van der Waals surface area (Å²) < 4.78 is 0. The van der Waals surface area contributed by atoms with Gasteiger partial charge in [0.2, 0.25) is 0 Å². The van der Waals surface area contributed by atoms with E-state index in [0.29, 0.717) is 11.5 Å². The zero-order chi connectivity index (χ0) is 12.7. The third kappa shape index (κ3) is 5.69. The maximum Gasteiger partial charge on any atom is 0.0325 e. The molecule has 1 atom stereocenters. The molecule has 1 rings (SSSR count). The van der Waals surface area contributed by atoms with Crippen LogP contribution in [0.3, 0.4) is 0 Å². The molecule has 1 aromatic rings. The molecule has 0 aliphatic carbocycles. The Morgan fingerprint density at radius 3 is 2.41 bits per heavy atom. The minimum atomic E-state index is 0.335. The fourth-order valence-electron chi connectivity index (χ4n) is 1.97. The van der Waals surface area contributed by atoms with Gasteiger partial charge < -0.3 is 5.32 Å². The number of rotatable bonds is 6. The van der Waals surface area contributed by atoms with Crippen molar-refractivity contribution < 1.29 is 0 Å². The average molecular weight is 231 g/mol. The van der Waals surface area contributed by atoms with Crippen molar-refractivity contribution in [2.75, 3.05) is 6.54 Å². The minimum Gasteiger partial charge on any atom is -0.310 e. The van der Waals surface area contributed by atoms with Crippen molar-refractivity contribution in [1.29, 1.82) is 0 Å². The van der Waals surface area contributed by atoms with Crippen molar-refractivity contribution in [2.24, 2.45) is 5.41 Å². The molecule has 94 valence electrons. The first kappa shape index (κ1) is 14.0. The second kappa shape index (κ2) is 6.61. The lowest BCUT2D eigenvalue weighted by Crippen LogP contribution is -2.26. The summed E-state index contributed by atoms with van der Waals surface area (Å²) in [6.07, 6.45) is 4.13. The van der Waals surface area contributed by atoms with Crippen LogP contribution in [0.2, 0.25) is 0 Å². The quantitative estimate of drug-likeness (QED) is 0.567. The highest BCUT2D eigenvalue weighted by Crippen LogP contribution is 2.29. The molecule has 0 fully saturated rings. The van der Waals surface area contributed by atoms with E-state index in [-0.39, 0.29) is 0 Å². The molecule has 0 amide bonds. The van der Waals surface area contributed by atoms with Crippen LogP contribution >= 0.6 is 0 Å². The lowest BCUT2D eigenvalue weighted by molar-refractivity contribution is 0.312. The lowest BCUT2D eigenvalue weighted by atomic mass is 9.85. The summed E-state index contributed by atoms with van der Waals surface area (Å²) in [5.74, 6) is 0. The molecule has 1 aromatic carbocycles. The van der Waals surface area contributed by atoms with Gasteiger partial charge >= 0.3 is 0 Å². The Morgan fingerprint density at radius 1 is 1.24 bits per heavy atom. The van der Waals surface area contributed by atoms with Gasteiger partial charge in [-0.05, 0) is 30.4 Å². The van der Waals surface area contributed by atoms with Crippen LogP contribution in [0.5, 0.6) is 0 Å². The van der Waals surface area contributed by atoms with Gasteiger partial charge in [0.15, 0.2) is 0 Å². The Bertz CT molecular complexity index is 321. The fourth-order valence-corrected chi connectivity index (χ4v) is 1.97. The molecule has 1 nitrogen and oxygen atoms in total. The summed E-state index contributed by atoms with van der Waals surface area (Å²) >= 11 is 0. The molecule has 17 heavy (non-hydrogen) atoms. The normalized spacial score (nSPS) is 13.4. The average Bonchev–Trinajstić information content (AvgIpc) is 2.28. The third-order valence-electron chi connectivity index (χ3n) is 2.76. The van der Waals surface area contributed by atoms with Gasteiger partial charge in [0.05, 0.1) is 0 Å². The molecule has 0 heterocycles. The van der Waals surface area contributed by atoms with Crippen molar-refractivity contribution in [3.05, 3.63) is 48.6 Å². The molecule has 1 N–H and O–H groups in total. The molecule has 0 spiro atoms. The van der Waals surface area contributed by atoms with Crippen molar-refractivity contribution in [1.82, 2.24) is 5.32 Å². The molecule has 0 radical (unpaired) electrons. The first-order valence-corrected chi connectivity index (χ1v) is 6.42. The molecule has 0 saturated carbocycles. The van der Waals surface area contributed by atoms with Gasteiger partial charge in [-0.3, -0.25) is 0 Å². The van der Waals surface area contributed by atoms with Gasteiger partial charge in [0, 0.05) is 6.04 Å². The van der Waals surface area contributed by atoms with Gasteiger partial charge in [0.25, 0.3) is 0 Å². The van der Waals surface area contributed by atoms with Crippen LogP contribution < -0.4 is 5.32 Å². The zero-order valence-corrected chi connectivity index (χ0v) is 11.4. The maximum absolute atomic E-state index is 3.76. The largest absolute Gasteiger partial charge is 0.310 e. The first-order valence-electron chi connectivity index (χ1n) is 6.42. The molecule has 0 aromatic heterocycles. The molecular weight excluding hydrogens is 206 g/mol. The van der Waals surface area contributed by atoms with E-state index < -0.39 is 0 Å². The van der Waals surface area contributed by atoms with Crippen molar-refractivity contribution in [2.45, 2.75) is 39.7 Å². The Labute approximate surface area is 106 Å². The Kier molecular flexibility index (Phi) is 5.43. The van der Waals surface area contributed by atoms with Gasteiger partial charge in [-0.15, -0.1) is 6.58 Å². The SMILES string of the molecule is C=CCCNC(CC(C)(C)C)c1ccccc1. The van der Waals surface area contributed by atoms with E-state index in [1.807, 2.05) is 6.08 Å². The standard InChI is InChI=1S/C16H25N/c1-5-6-12-17-15(13-16(2,3)4)14-10-8-7-9-11-14/h5,7-11,15,17H,1,6,12-13H2,2-4H3. The molecule has 1 unspecified atom stereocenters. The predicted molar refractivity (Wildman–Crippen MR) is 76.1 cm³/mol.